The van der Waals surface area contributed by atoms with E-state index in [1.807, 2.05) is 31.8 Å². The zero-order valence-corrected chi connectivity index (χ0v) is 22.6. The van der Waals surface area contributed by atoms with Crippen molar-refractivity contribution in [3.05, 3.63) is 57.6 Å². The molecule has 2 aliphatic heterocycles. The zero-order chi connectivity index (χ0) is 26.8. The van der Waals surface area contributed by atoms with Crippen LogP contribution in [0, 0.1) is 13.8 Å². The second kappa shape index (κ2) is 11.1. The van der Waals surface area contributed by atoms with Gasteiger partial charge in [0.2, 0.25) is 5.91 Å². The van der Waals surface area contributed by atoms with Crippen molar-refractivity contribution in [2.75, 3.05) is 19.7 Å². The van der Waals surface area contributed by atoms with Crippen molar-refractivity contribution in [3.8, 4) is 5.75 Å². The van der Waals surface area contributed by atoms with E-state index in [1.165, 1.54) is 0 Å². The van der Waals surface area contributed by atoms with Gasteiger partial charge in [0.05, 0.1) is 42.3 Å². The first-order valence-electron chi connectivity index (χ1n) is 12.8. The van der Waals surface area contributed by atoms with E-state index in [4.69, 9.17) is 21.1 Å². The minimum Gasteiger partial charge on any atom is -0.492 e. The number of ether oxygens (including phenoxy) is 2. The molecule has 1 fully saturated rings. The number of carbonyl (C=O) groups is 2. The minimum absolute atomic E-state index is 0.0111. The molecule has 11 nitrogen and oxygen atoms in total. The van der Waals surface area contributed by atoms with Gasteiger partial charge in [0, 0.05) is 50.8 Å². The van der Waals surface area contributed by atoms with Crippen LogP contribution in [0.1, 0.15) is 45.8 Å². The van der Waals surface area contributed by atoms with Crippen LogP contribution < -0.4 is 10.1 Å². The topological polar surface area (TPSA) is 116 Å². The Morgan fingerprint density at radius 2 is 2.11 bits per heavy atom. The molecule has 2 amide bonds. The summed E-state index contributed by atoms with van der Waals surface area (Å²) in [6.45, 7) is 5.96. The fraction of sp³-hybridized carbons (Fsp3) is 0.500. The van der Waals surface area contributed by atoms with Gasteiger partial charge in [-0.15, -0.1) is 5.10 Å². The van der Waals surface area contributed by atoms with Crippen LogP contribution in [0.15, 0.2) is 24.4 Å². The Morgan fingerprint density at radius 1 is 1.26 bits per heavy atom. The molecule has 0 saturated carbocycles. The maximum Gasteiger partial charge on any atom is 0.251 e. The summed E-state index contributed by atoms with van der Waals surface area (Å²) in [6.07, 6.45) is 3.10. The highest BCUT2D eigenvalue weighted by molar-refractivity contribution is 6.32. The van der Waals surface area contributed by atoms with Crippen LogP contribution in [0.5, 0.6) is 5.75 Å². The average molecular weight is 542 g/mol. The molecule has 5 rings (SSSR count). The summed E-state index contributed by atoms with van der Waals surface area (Å²) in [5.41, 5.74) is 4.21. The van der Waals surface area contributed by atoms with Crippen LogP contribution in [0.25, 0.3) is 0 Å². The summed E-state index contributed by atoms with van der Waals surface area (Å²) in [7, 11) is 1.90. The monoisotopic (exact) mass is 541 g/mol. The molecule has 2 atom stereocenters. The van der Waals surface area contributed by atoms with E-state index in [0.29, 0.717) is 67.5 Å². The van der Waals surface area contributed by atoms with Crippen LogP contribution in [0.3, 0.4) is 0 Å². The van der Waals surface area contributed by atoms with Crippen molar-refractivity contribution in [3.63, 3.8) is 0 Å². The van der Waals surface area contributed by atoms with Crippen LogP contribution in [-0.4, -0.2) is 73.3 Å². The van der Waals surface area contributed by atoms with Gasteiger partial charge in [-0.3, -0.25) is 19.0 Å². The predicted octanol–water partition coefficient (Wildman–Crippen LogP) is 2.22. The van der Waals surface area contributed by atoms with Gasteiger partial charge in [0.15, 0.2) is 0 Å². The third kappa shape index (κ3) is 5.68. The van der Waals surface area contributed by atoms with Crippen LogP contribution in [0.4, 0.5) is 0 Å². The molecule has 202 valence electrons. The van der Waals surface area contributed by atoms with Crippen molar-refractivity contribution in [1.82, 2.24) is 35.0 Å². The molecule has 2 aliphatic rings. The Balaban J connectivity index is 1.33. The van der Waals surface area contributed by atoms with Crippen molar-refractivity contribution < 1.29 is 19.1 Å². The number of hydrogen-bond acceptors (Lipinski definition) is 7. The quantitative estimate of drug-likeness (QED) is 0.540. The Labute approximate surface area is 226 Å². The van der Waals surface area contributed by atoms with Crippen molar-refractivity contribution in [2.45, 2.75) is 58.4 Å². The van der Waals surface area contributed by atoms with E-state index in [0.717, 1.165) is 17.0 Å². The molecule has 12 heteroatoms. The number of fused-ring (bicyclic) bond motifs is 5. The average Bonchev–Trinajstić information content (AvgIpc) is 3.57. The molecular weight excluding hydrogens is 510 g/mol. The van der Waals surface area contributed by atoms with Crippen molar-refractivity contribution >= 4 is 23.4 Å². The van der Waals surface area contributed by atoms with E-state index in [9.17, 15) is 9.59 Å². The van der Waals surface area contributed by atoms with E-state index in [1.54, 1.807) is 27.8 Å². The van der Waals surface area contributed by atoms with Gasteiger partial charge in [-0.05, 0) is 44.0 Å². The smallest absolute Gasteiger partial charge is 0.251 e. The number of aromatic nitrogens is 5. The molecule has 0 spiro atoms. The Kier molecular flexibility index (Phi) is 7.66. The molecule has 1 aromatic carbocycles. The first kappa shape index (κ1) is 26.2. The summed E-state index contributed by atoms with van der Waals surface area (Å²) in [5.74, 6) is 0.179. The molecule has 0 unspecified atom stereocenters. The van der Waals surface area contributed by atoms with Gasteiger partial charge in [0.1, 0.15) is 11.4 Å². The van der Waals surface area contributed by atoms with E-state index < -0.39 is 12.1 Å². The van der Waals surface area contributed by atoms with Gasteiger partial charge in [0.25, 0.3) is 5.91 Å². The highest BCUT2D eigenvalue weighted by Gasteiger charge is 2.37. The molecule has 38 heavy (non-hydrogen) atoms. The van der Waals surface area contributed by atoms with E-state index >= 15 is 0 Å². The number of likely N-dealkylation sites (tertiary alicyclic amines) is 1. The number of nitrogens with zero attached hydrogens (tertiary/aromatic N) is 6. The molecule has 3 aromatic rings. The molecule has 4 bridgehead atoms. The second-order valence-electron chi connectivity index (χ2n) is 9.82. The summed E-state index contributed by atoms with van der Waals surface area (Å²) in [4.78, 5) is 28.2. The van der Waals surface area contributed by atoms with Gasteiger partial charge in [-0.2, -0.15) is 5.10 Å². The number of nitrogens with one attached hydrogen (secondary N) is 1. The lowest BCUT2D eigenvalue weighted by Crippen LogP contribution is -2.44. The standard InChI is InChI=1S/C26H32ClN7O4/c1-16-20(17(2)32(3)30-16)6-8-25(35)33-13-22-24(14-33)38-15-19-12-34(31-29-19)9-4-10-37-23-11-18(26(36)28-22)5-7-21(23)27/h5,7,11-12,22,24H,4,6,8-10,13-15H2,1-3H3,(H,28,36)/t22-,24-/m0/s1. The maximum absolute atomic E-state index is 13.2. The highest BCUT2D eigenvalue weighted by Crippen LogP contribution is 2.26. The number of hydrogen-bond donors (Lipinski definition) is 1. The first-order chi connectivity index (χ1) is 18.3. The second-order valence-corrected chi connectivity index (χ2v) is 10.2. The summed E-state index contributed by atoms with van der Waals surface area (Å²) < 4.78 is 15.6. The van der Waals surface area contributed by atoms with Gasteiger partial charge in [-0.25, -0.2) is 0 Å². The number of halogens is 1. The Hall–Kier alpha value is -3.44. The zero-order valence-electron chi connectivity index (χ0n) is 21.8. The van der Waals surface area contributed by atoms with Crippen LogP contribution in [0.2, 0.25) is 5.02 Å². The molecule has 2 aromatic heterocycles. The lowest BCUT2D eigenvalue weighted by molar-refractivity contribution is -0.130. The van der Waals surface area contributed by atoms with E-state index in [-0.39, 0.29) is 18.4 Å². The summed E-state index contributed by atoms with van der Waals surface area (Å²) in [6, 6.07) is 4.56. The van der Waals surface area contributed by atoms with Crippen LogP contribution in [-0.2, 0) is 36.2 Å². The maximum atomic E-state index is 13.2. The lowest BCUT2D eigenvalue weighted by Gasteiger charge is -2.20. The number of aryl methyl sites for hydroxylation is 3. The van der Waals surface area contributed by atoms with Gasteiger partial charge in [-0.1, -0.05) is 16.8 Å². The SMILES string of the molecule is Cc1nn(C)c(C)c1CCC(=O)N1C[C@@H]2NC(=O)c3ccc(Cl)c(c3)OCCCn3cc(nn3)CO[C@H]2C1. The van der Waals surface area contributed by atoms with Crippen LogP contribution >= 0.6 is 11.6 Å². The van der Waals surface area contributed by atoms with Crippen molar-refractivity contribution in [2.24, 2.45) is 7.05 Å². The largest absolute Gasteiger partial charge is 0.492 e. The Morgan fingerprint density at radius 3 is 2.89 bits per heavy atom. The predicted molar refractivity (Wildman–Crippen MR) is 139 cm³/mol. The molecule has 4 heterocycles. The highest BCUT2D eigenvalue weighted by atomic mass is 35.5. The Bertz CT molecular complexity index is 1340. The summed E-state index contributed by atoms with van der Waals surface area (Å²) in [5, 5.41) is 16.3. The summed E-state index contributed by atoms with van der Waals surface area (Å²) >= 11 is 6.30. The number of benzene rings is 1. The fourth-order valence-corrected chi connectivity index (χ4v) is 5.15. The molecular formula is C26H32ClN7O4. The number of amides is 2. The van der Waals surface area contributed by atoms with E-state index in [2.05, 4.69) is 20.7 Å². The molecule has 0 aliphatic carbocycles. The molecule has 1 saturated heterocycles. The molecule has 1 N–H and O–H groups in total. The third-order valence-corrected chi connectivity index (χ3v) is 7.51. The van der Waals surface area contributed by atoms with Crippen molar-refractivity contribution in [1.29, 1.82) is 0 Å². The first-order valence-corrected chi connectivity index (χ1v) is 13.2. The van der Waals surface area contributed by atoms with Gasteiger partial charge >= 0.3 is 0 Å². The van der Waals surface area contributed by atoms with Gasteiger partial charge < -0.3 is 19.7 Å². The third-order valence-electron chi connectivity index (χ3n) is 7.20. The molecule has 0 radical (unpaired) electrons. The number of rotatable bonds is 3. The normalized spacial score (nSPS) is 20.1. The minimum atomic E-state index is -0.397. The number of carbonyl (C=O) groups excluding carboxylic acids is 2. The lowest BCUT2D eigenvalue weighted by atomic mass is 10.1. The fourth-order valence-electron chi connectivity index (χ4n) is 4.98.